The maximum atomic E-state index is 4.66. The van der Waals surface area contributed by atoms with Gasteiger partial charge in [0.2, 0.25) is 0 Å². The number of hydrogen-bond donors (Lipinski definition) is 0. The van der Waals surface area contributed by atoms with Crippen molar-refractivity contribution in [3.8, 4) is 0 Å². The topological polar surface area (TPSA) is 46.8 Å². The molecule has 4 rings (SSSR count). The number of halogens is 1. The van der Waals surface area contributed by atoms with Gasteiger partial charge in [-0.15, -0.1) is 10.2 Å². The molecule has 0 saturated carbocycles. The molecule has 0 radical (unpaired) electrons. The summed E-state index contributed by atoms with van der Waals surface area (Å²) in [5.74, 6) is 3.96. The van der Waals surface area contributed by atoms with E-state index >= 15 is 0 Å². The van der Waals surface area contributed by atoms with Crippen LogP contribution in [0.4, 0.5) is 5.82 Å². The van der Waals surface area contributed by atoms with Crippen LogP contribution in [0.1, 0.15) is 55.2 Å². The van der Waals surface area contributed by atoms with Gasteiger partial charge < -0.3 is 9.47 Å². The minimum absolute atomic E-state index is 0.461. The number of pyridine rings is 1. The van der Waals surface area contributed by atoms with Crippen LogP contribution >= 0.6 is 15.9 Å². The van der Waals surface area contributed by atoms with Gasteiger partial charge in [0, 0.05) is 42.6 Å². The van der Waals surface area contributed by atoms with Gasteiger partial charge in [0.15, 0.2) is 0 Å². The monoisotopic (exact) mass is 389 g/mol. The van der Waals surface area contributed by atoms with Gasteiger partial charge in [0.05, 0.1) is 0 Å². The summed E-state index contributed by atoms with van der Waals surface area (Å²) in [5, 5.41) is 9.08. The number of piperidine rings is 1. The summed E-state index contributed by atoms with van der Waals surface area (Å²) < 4.78 is 3.45. The summed E-state index contributed by atoms with van der Waals surface area (Å²) in [7, 11) is 0. The van der Waals surface area contributed by atoms with Crippen LogP contribution in [0, 0.1) is 6.92 Å². The fourth-order valence-electron chi connectivity index (χ4n) is 4.05. The number of hydrogen-bond acceptors (Lipinski definition) is 4. The second-order valence-corrected chi connectivity index (χ2v) is 7.93. The van der Waals surface area contributed by atoms with Gasteiger partial charge in [-0.25, -0.2) is 4.98 Å². The Bertz CT molecular complexity index is 726. The molecule has 2 aliphatic heterocycles. The van der Waals surface area contributed by atoms with Crippen LogP contribution in [0.3, 0.4) is 0 Å². The van der Waals surface area contributed by atoms with E-state index in [1.165, 1.54) is 49.3 Å². The number of anilines is 1. The lowest BCUT2D eigenvalue weighted by atomic mass is 9.96. The first-order valence-electron chi connectivity index (χ1n) is 9.01. The molecular formula is C18H24BrN5. The van der Waals surface area contributed by atoms with E-state index in [2.05, 4.69) is 53.6 Å². The Hall–Kier alpha value is -1.43. The average Bonchev–Trinajstić information content (AvgIpc) is 2.84. The smallest absolute Gasteiger partial charge is 0.137 e. The zero-order valence-corrected chi connectivity index (χ0v) is 15.8. The number of nitrogens with zero attached hydrogens (tertiary/aromatic N) is 5. The van der Waals surface area contributed by atoms with Crippen molar-refractivity contribution < 1.29 is 0 Å². The molecule has 0 amide bonds. The summed E-state index contributed by atoms with van der Waals surface area (Å²) in [4.78, 5) is 7.08. The van der Waals surface area contributed by atoms with Crippen molar-refractivity contribution in [1.82, 2.24) is 19.7 Å². The van der Waals surface area contributed by atoms with E-state index in [1.807, 2.05) is 6.20 Å². The minimum Gasteiger partial charge on any atom is -0.356 e. The van der Waals surface area contributed by atoms with Crippen molar-refractivity contribution in [2.24, 2.45) is 0 Å². The third-order valence-electron chi connectivity index (χ3n) is 5.24. The van der Waals surface area contributed by atoms with Crippen LogP contribution in [-0.2, 0) is 13.0 Å². The molecule has 4 heterocycles. The van der Waals surface area contributed by atoms with Gasteiger partial charge in [-0.3, -0.25) is 0 Å². The molecule has 1 saturated heterocycles. The summed E-state index contributed by atoms with van der Waals surface area (Å²) >= 11 is 3.51. The summed E-state index contributed by atoms with van der Waals surface area (Å²) in [5.41, 5.74) is 1.23. The molecule has 2 aromatic rings. The fraction of sp³-hybridized carbons (Fsp3) is 0.611. The molecule has 6 heteroatoms. The standard InChI is InChI=1S/C18H24BrN5/c1-13-10-15(19)11-20-17(13)23-8-5-6-14(12-23)18-22-21-16-7-3-2-4-9-24(16)18/h10-11,14H,2-9,12H2,1H3/t14-/m1/s1. The van der Waals surface area contributed by atoms with Gasteiger partial charge in [0.1, 0.15) is 17.5 Å². The summed E-state index contributed by atoms with van der Waals surface area (Å²) in [6.45, 7) is 5.30. The summed E-state index contributed by atoms with van der Waals surface area (Å²) in [6, 6.07) is 2.15. The quantitative estimate of drug-likeness (QED) is 0.782. The predicted molar refractivity (Wildman–Crippen MR) is 98.4 cm³/mol. The molecule has 0 bridgehead atoms. The first-order chi connectivity index (χ1) is 11.7. The van der Waals surface area contributed by atoms with Gasteiger partial charge in [-0.1, -0.05) is 6.42 Å². The van der Waals surface area contributed by atoms with E-state index in [0.717, 1.165) is 36.3 Å². The normalized spacial score (nSPS) is 21.4. The SMILES string of the molecule is Cc1cc(Br)cnc1N1CCC[C@@H](c2nnc3n2CCCCC3)C1. The Labute approximate surface area is 151 Å². The van der Waals surface area contributed by atoms with Gasteiger partial charge >= 0.3 is 0 Å². The van der Waals surface area contributed by atoms with Crippen LogP contribution in [0.25, 0.3) is 0 Å². The van der Waals surface area contributed by atoms with Crippen molar-refractivity contribution in [2.75, 3.05) is 18.0 Å². The van der Waals surface area contributed by atoms with Gasteiger partial charge in [-0.2, -0.15) is 0 Å². The second-order valence-electron chi connectivity index (χ2n) is 7.02. The molecule has 0 aromatic carbocycles. The molecule has 128 valence electrons. The molecule has 0 spiro atoms. The molecule has 24 heavy (non-hydrogen) atoms. The van der Waals surface area contributed by atoms with E-state index in [0.29, 0.717) is 5.92 Å². The molecule has 5 nitrogen and oxygen atoms in total. The Morgan fingerprint density at radius 1 is 1.12 bits per heavy atom. The molecule has 1 atom stereocenters. The highest BCUT2D eigenvalue weighted by Gasteiger charge is 2.28. The highest BCUT2D eigenvalue weighted by atomic mass is 79.9. The number of aryl methyl sites for hydroxylation is 2. The first-order valence-corrected chi connectivity index (χ1v) is 9.81. The molecular weight excluding hydrogens is 366 g/mol. The Morgan fingerprint density at radius 2 is 2.04 bits per heavy atom. The van der Waals surface area contributed by atoms with Crippen LogP contribution < -0.4 is 4.90 Å². The minimum atomic E-state index is 0.461. The molecule has 2 aromatic heterocycles. The van der Waals surface area contributed by atoms with Crippen molar-refractivity contribution in [1.29, 1.82) is 0 Å². The lowest BCUT2D eigenvalue weighted by Crippen LogP contribution is -2.36. The lowest BCUT2D eigenvalue weighted by Gasteiger charge is -2.34. The second kappa shape index (κ2) is 6.82. The fourth-order valence-corrected chi connectivity index (χ4v) is 4.50. The van der Waals surface area contributed by atoms with Crippen LogP contribution in [-0.4, -0.2) is 32.8 Å². The first kappa shape index (κ1) is 16.1. The molecule has 2 aliphatic rings. The van der Waals surface area contributed by atoms with E-state index in [1.54, 1.807) is 0 Å². The molecule has 0 N–H and O–H groups in total. The van der Waals surface area contributed by atoms with E-state index in [-0.39, 0.29) is 0 Å². The lowest BCUT2D eigenvalue weighted by molar-refractivity contribution is 0.463. The van der Waals surface area contributed by atoms with Crippen LogP contribution in [0.15, 0.2) is 16.7 Å². The van der Waals surface area contributed by atoms with Crippen molar-refractivity contribution in [3.05, 3.63) is 33.9 Å². The number of aromatic nitrogens is 4. The Kier molecular flexibility index (Phi) is 4.57. The maximum absolute atomic E-state index is 4.66. The predicted octanol–water partition coefficient (Wildman–Crippen LogP) is 3.85. The van der Waals surface area contributed by atoms with Crippen molar-refractivity contribution in [2.45, 2.75) is 57.9 Å². The van der Waals surface area contributed by atoms with E-state index in [4.69, 9.17) is 0 Å². The highest BCUT2D eigenvalue weighted by molar-refractivity contribution is 9.10. The third-order valence-corrected chi connectivity index (χ3v) is 5.68. The van der Waals surface area contributed by atoms with Gasteiger partial charge in [0.25, 0.3) is 0 Å². The maximum Gasteiger partial charge on any atom is 0.137 e. The largest absolute Gasteiger partial charge is 0.356 e. The van der Waals surface area contributed by atoms with E-state index < -0.39 is 0 Å². The number of rotatable bonds is 2. The van der Waals surface area contributed by atoms with Crippen LogP contribution in [0.5, 0.6) is 0 Å². The van der Waals surface area contributed by atoms with Gasteiger partial charge in [-0.05, 0) is 60.2 Å². The average molecular weight is 390 g/mol. The van der Waals surface area contributed by atoms with E-state index in [9.17, 15) is 0 Å². The van der Waals surface area contributed by atoms with Crippen molar-refractivity contribution >= 4 is 21.7 Å². The number of fused-ring (bicyclic) bond motifs is 1. The molecule has 0 unspecified atom stereocenters. The zero-order valence-electron chi connectivity index (χ0n) is 14.2. The Morgan fingerprint density at radius 3 is 2.92 bits per heavy atom. The Balaban J connectivity index is 1.58. The third kappa shape index (κ3) is 3.08. The molecule has 1 fully saturated rings. The zero-order chi connectivity index (χ0) is 16.5. The molecule has 0 aliphatic carbocycles. The highest BCUT2D eigenvalue weighted by Crippen LogP contribution is 2.31. The van der Waals surface area contributed by atoms with Crippen molar-refractivity contribution in [3.63, 3.8) is 0 Å². The van der Waals surface area contributed by atoms with Crippen LogP contribution in [0.2, 0.25) is 0 Å². The summed E-state index contributed by atoms with van der Waals surface area (Å²) in [6.07, 6.45) is 9.17.